The van der Waals surface area contributed by atoms with Gasteiger partial charge in [-0.3, -0.25) is 0 Å². The van der Waals surface area contributed by atoms with E-state index in [-0.39, 0.29) is 12.0 Å². The van der Waals surface area contributed by atoms with Crippen LogP contribution in [0.15, 0.2) is 59.6 Å². The van der Waals surface area contributed by atoms with Crippen molar-refractivity contribution in [1.29, 1.82) is 0 Å². The van der Waals surface area contributed by atoms with E-state index >= 15 is 0 Å². The Bertz CT molecular complexity index is 808. The fourth-order valence-corrected chi connectivity index (χ4v) is 20.5. The summed E-state index contributed by atoms with van der Waals surface area (Å²) in [6.07, 6.45) is 6.71. The van der Waals surface area contributed by atoms with Gasteiger partial charge in [0.25, 0.3) is 0 Å². The third kappa shape index (κ3) is 10.8. The van der Waals surface area contributed by atoms with Crippen molar-refractivity contribution in [2.45, 2.75) is 92.6 Å². The SMILES string of the molecule is CC(C)C(N)c1ccccc1.CCC[CH2][Sn]([CH2]CC)([CH2]CCC)[c]1cccc(CN=C(N)N)c1. The first kappa shape index (κ1) is 30.5. The third-order valence-electron chi connectivity index (χ3n) is 6.63. The van der Waals surface area contributed by atoms with Crippen molar-refractivity contribution in [2.75, 3.05) is 0 Å². The van der Waals surface area contributed by atoms with Crippen molar-refractivity contribution in [3.63, 3.8) is 0 Å². The van der Waals surface area contributed by atoms with Crippen LogP contribution in [-0.2, 0) is 6.54 Å². The van der Waals surface area contributed by atoms with Gasteiger partial charge in [0.2, 0.25) is 0 Å². The summed E-state index contributed by atoms with van der Waals surface area (Å²) in [6, 6.07) is 19.6. The summed E-state index contributed by atoms with van der Waals surface area (Å²) in [4.78, 5) is 4.18. The second kappa shape index (κ2) is 17.0. The fourth-order valence-electron chi connectivity index (χ4n) is 4.56. The molecule has 0 heterocycles. The number of hydrogen-bond donors (Lipinski definition) is 3. The van der Waals surface area contributed by atoms with Crippen molar-refractivity contribution >= 4 is 27.9 Å². The number of hydrogen-bond acceptors (Lipinski definition) is 2. The topological polar surface area (TPSA) is 90.4 Å². The molecule has 2 aromatic rings. The predicted molar refractivity (Wildman–Crippen MR) is 154 cm³/mol. The summed E-state index contributed by atoms with van der Waals surface area (Å²) in [5.41, 5.74) is 19.4. The van der Waals surface area contributed by atoms with E-state index in [0.717, 1.165) is 0 Å². The maximum atomic E-state index is 5.94. The first-order chi connectivity index (χ1) is 16.3. The molecule has 34 heavy (non-hydrogen) atoms. The monoisotopic (exact) mass is 574 g/mol. The summed E-state index contributed by atoms with van der Waals surface area (Å²) < 4.78 is 6.14. The van der Waals surface area contributed by atoms with Crippen LogP contribution in [0.25, 0.3) is 0 Å². The van der Waals surface area contributed by atoms with Crippen LogP contribution in [0.3, 0.4) is 0 Å². The van der Waals surface area contributed by atoms with E-state index in [2.05, 4.69) is 76.0 Å². The molecule has 0 aromatic heterocycles. The molecule has 6 N–H and O–H groups in total. The zero-order valence-electron chi connectivity index (χ0n) is 22.4. The molecule has 0 aliphatic rings. The number of nitrogens with two attached hydrogens (primary N) is 3. The average molecular weight is 573 g/mol. The fraction of sp³-hybridized carbons (Fsp3) is 0.552. The molecule has 0 radical (unpaired) electrons. The maximum absolute atomic E-state index is 5.94. The van der Waals surface area contributed by atoms with E-state index in [4.69, 9.17) is 17.2 Å². The van der Waals surface area contributed by atoms with Gasteiger partial charge in [0.1, 0.15) is 0 Å². The Morgan fingerprint density at radius 3 is 1.94 bits per heavy atom. The predicted octanol–water partition coefficient (Wildman–Crippen LogP) is 6.47. The van der Waals surface area contributed by atoms with Gasteiger partial charge in [0.05, 0.1) is 0 Å². The van der Waals surface area contributed by atoms with Gasteiger partial charge in [-0.1, -0.05) is 44.2 Å². The van der Waals surface area contributed by atoms with Crippen molar-refractivity contribution < 1.29 is 0 Å². The van der Waals surface area contributed by atoms with E-state index in [1.807, 2.05) is 18.2 Å². The standard InChI is InChI=1S/C10H15N.C8H10N3.2C4H9.C3H7.Sn/c1-8(2)10(11)9-6-4-3-5-7-9;9-8(10)11-6-7-4-2-1-3-5-7;2*1-3-4-2;1-3-2;/h3-8,10H,11H2,1-2H3;1-2,4-5H,6H2,(H4,9,10,11);2*1,3-4H2,2H3;1,3H2,2H3;. The number of unbranched alkanes of at least 4 members (excludes halogenated alkanes) is 2. The Kier molecular flexibility index (Phi) is 15.2. The summed E-state index contributed by atoms with van der Waals surface area (Å²) in [5.74, 6) is 0.688. The zero-order chi connectivity index (χ0) is 25.4. The summed E-state index contributed by atoms with van der Waals surface area (Å²) in [5, 5.41) is 0. The molecule has 0 fully saturated rings. The second-order valence-electron chi connectivity index (χ2n) is 9.86. The molecule has 1 atom stereocenters. The van der Waals surface area contributed by atoms with E-state index in [9.17, 15) is 0 Å². The van der Waals surface area contributed by atoms with E-state index < -0.39 is 18.4 Å². The van der Waals surface area contributed by atoms with Crippen LogP contribution >= 0.6 is 0 Å². The molecule has 2 aromatic carbocycles. The van der Waals surface area contributed by atoms with Crippen molar-refractivity contribution in [3.8, 4) is 0 Å². The van der Waals surface area contributed by atoms with Gasteiger partial charge in [-0.2, -0.15) is 0 Å². The molecule has 0 spiro atoms. The van der Waals surface area contributed by atoms with Gasteiger partial charge in [0.15, 0.2) is 0 Å². The van der Waals surface area contributed by atoms with E-state index in [1.165, 1.54) is 56.5 Å². The Morgan fingerprint density at radius 1 is 0.824 bits per heavy atom. The number of rotatable bonds is 13. The van der Waals surface area contributed by atoms with Crippen LogP contribution in [0, 0.1) is 5.92 Å². The average Bonchev–Trinajstić information content (AvgIpc) is 2.85. The molecule has 0 saturated carbocycles. The normalized spacial score (nSPS) is 12.1. The number of nitrogens with zero attached hydrogens (tertiary/aromatic N) is 1. The van der Waals surface area contributed by atoms with Crippen LogP contribution in [0.5, 0.6) is 0 Å². The van der Waals surface area contributed by atoms with Crippen LogP contribution in [0.4, 0.5) is 0 Å². The third-order valence-corrected chi connectivity index (χ3v) is 22.7. The summed E-state index contributed by atoms with van der Waals surface area (Å²) >= 11 is -2.30. The number of guanidine groups is 1. The van der Waals surface area contributed by atoms with Gasteiger partial charge in [-0.05, 0) is 11.5 Å². The van der Waals surface area contributed by atoms with Gasteiger partial charge >= 0.3 is 147 Å². The van der Waals surface area contributed by atoms with Gasteiger partial charge in [-0.15, -0.1) is 0 Å². The molecule has 5 heteroatoms. The first-order valence-corrected chi connectivity index (χ1v) is 20.7. The Hall–Kier alpha value is -1.53. The Morgan fingerprint density at radius 2 is 1.44 bits per heavy atom. The van der Waals surface area contributed by atoms with Crippen LogP contribution in [0.2, 0.25) is 13.3 Å². The summed E-state index contributed by atoms with van der Waals surface area (Å²) in [7, 11) is 0. The molecule has 1 unspecified atom stereocenters. The van der Waals surface area contributed by atoms with Crippen LogP contribution in [0.1, 0.15) is 83.9 Å². The van der Waals surface area contributed by atoms with Gasteiger partial charge < -0.3 is 5.73 Å². The molecule has 0 aliphatic carbocycles. The molecular formula is C29H50N4Sn. The van der Waals surface area contributed by atoms with Crippen molar-refractivity contribution in [2.24, 2.45) is 28.1 Å². The number of benzene rings is 2. The van der Waals surface area contributed by atoms with Crippen molar-refractivity contribution in [1.82, 2.24) is 0 Å². The molecule has 0 bridgehead atoms. The molecule has 2 rings (SSSR count). The van der Waals surface area contributed by atoms with E-state index in [0.29, 0.717) is 12.5 Å². The Labute approximate surface area is 213 Å². The quantitative estimate of drug-likeness (QED) is 0.146. The van der Waals surface area contributed by atoms with Crippen LogP contribution < -0.4 is 20.8 Å². The van der Waals surface area contributed by atoms with Crippen molar-refractivity contribution in [3.05, 3.63) is 65.7 Å². The summed E-state index contributed by atoms with van der Waals surface area (Å²) in [6.45, 7) is 11.9. The minimum atomic E-state index is -2.30. The molecule has 0 saturated heterocycles. The second-order valence-corrected chi connectivity index (χ2v) is 23.1. The van der Waals surface area contributed by atoms with Crippen LogP contribution in [-0.4, -0.2) is 24.3 Å². The van der Waals surface area contributed by atoms with Gasteiger partial charge in [0, 0.05) is 6.04 Å². The molecule has 0 aliphatic heterocycles. The number of aliphatic imine (C=N–C) groups is 1. The zero-order valence-corrected chi connectivity index (χ0v) is 25.2. The first-order valence-electron chi connectivity index (χ1n) is 13.2. The molecular weight excluding hydrogens is 523 g/mol. The minimum absolute atomic E-state index is 0.177. The van der Waals surface area contributed by atoms with Gasteiger partial charge in [-0.25, -0.2) is 0 Å². The molecule has 0 amide bonds. The molecule has 4 nitrogen and oxygen atoms in total. The van der Waals surface area contributed by atoms with E-state index in [1.54, 1.807) is 3.58 Å². The Balaban J connectivity index is 0.000000437. The molecule has 190 valence electrons.